The Balaban J connectivity index is 2.52. The Morgan fingerprint density at radius 2 is 2.27 bits per heavy atom. The molecule has 1 aliphatic heterocycles. The van der Waals surface area contributed by atoms with E-state index >= 15 is 0 Å². The summed E-state index contributed by atoms with van der Waals surface area (Å²) in [6.07, 6.45) is -1.24. The van der Waals surface area contributed by atoms with E-state index in [0.717, 1.165) is 0 Å². The molecule has 0 amide bonds. The second kappa shape index (κ2) is 3.00. The number of aliphatic hydroxyl groups is 1. The summed E-state index contributed by atoms with van der Waals surface area (Å²) in [7, 11) is 0. The molecule has 66 valence electrons. The monoisotopic (exact) mass is 167 g/mol. The maximum Gasteiger partial charge on any atom is 0.267 e. The summed E-state index contributed by atoms with van der Waals surface area (Å²) < 4.78 is 30.3. The summed E-state index contributed by atoms with van der Waals surface area (Å²) >= 11 is 0. The van der Waals surface area contributed by atoms with Crippen LogP contribution in [0.5, 0.6) is 0 Å². The van der Waals surface area contributed by atoms with Gasteiger partial charge in [-0.1, -0.05) is 0 Å². The van der Waals surface area contributed by atoms with Crippen LogP contribution in [0.4, 0.5) is 8.78 Å². The number of ether oxygens (including phenoxy) is 1. The summed E-state index contributed by atoms with van der Waals surface area (Å²) in [5.41, 5.74) is 5.07. The quantitative estimate of drug-likeness (QED) is 0.565. The highest BCUT2D eigenvalue weighted by atomic mass is 19.3. The van der Waals surface area contributed by atoms with Gasteiger partial charge in [-0.2, -0.15) is 0 Å². The number of alkyl halides is 2. The topological polar surface area (TPSA) is 55.5 Å². The average Bonchev–Trinajstić information content (AvgIpc) is 1.95. The van der Waals surface area contributed by atoms with Crippen LogP contribution in [-0.4, -0.2) is 36.4 Å². The lowest BCUT2D eigenvalue weighted by atomic mass is 10.0. The molecule has 2 atom stereocenters. The third-order valence-corrected chi connectivity index (χ3v) is 1.76. The minimum absolute atomic E-state index is 0.182. The molecular formula is C6H11F2NO2. The second-order valence-corrected chi connectivity index (χ2v) is 2.71. The molecule has 1 aliphatic rings. The van der Waals surface area contributed by atoms with Gasteiger partial charge in [0.25, 0.3) is 5.92 Å². The molecule has 5 heteroatoms. The van der Waals surface area contributed by atoms with E-state index in [2.05, 4.69) is 0 Å². The molecule has 1 rings (SSSR count). The van der Waals surface area contributed by atoms with Crippen molar-refractivity contribution in [2.45, 2.75) is 24.5 Å². The first-order valence-corrected chi connectivity index (χ1v) is 3.42. The van der Waals surface area contributed by atoms with Gasteiger partial charge < -0.3 is 15.6 Å². The van der Waals surface area contributed by atoms with Crippen LogP contribution in [0.2, 0.25) is 0 Å². The molecule has 0 saturated carbocycles. The van der Waals surface area contributed by atoms with Crippen molar-refractivity contribution in [3.05, 3.63) is 0 Å². The number of nitrogens with two attached hydrogens (primary N) is 1. The van der Waals surface area contributed by atoms with E-state index in [1.165, 1.54) is 0 Å². The molecule has 0 aromatic rings. The van der Waals surface area contributed by atoms with Gasteiger partial charge in [0.05, 0.1) is 25.4 Å². The zero-order chi connectivity index (χ0) is 8.48. The first-order valence-electron chi connectivity index (χ1n) is 3.42. The van der Waals surface area contributed by atoms with E-state index in [9.17, 15) is 8.78 Å². The molecule has 0 unspecified atom stereocenters. The molecular weight excluding hydrogens is 156 g/mol. The highest BCUT2D eigenvalue weighted by Crippen LogP contribution is 2.28. The summed E-state index contributed by atoms with van der Waals surface area (Å²) in [6, 6.07) is -1.23. The lowest BCUT2D eigenvalue weighted by Gasteiger charge is -2.32. The molecule has 1 fully saturated rings. The van der Waals surface area contributed by atoms with Gasteiger partial charge in [0.15, 0.2) is 0 Å². The van der Waals surface area contributed by atoms with E-state index in [1.807, 2.05) is 0 Å². The zero-order valence-electron chi connectivity index (χ0n) is 5.96. The number of hydrogen-bond acceptors (Lipinski definition) is 3. The Bertz CT molecular complexity index is 143. The van der Waals surface area contributed by atoms with Gasteiger partial charge >= 0.3 is 0 Å². The lowest BCUT2D eigenvalue weighted by molar-refractivity contribution is -0.151. The molecule has 0 aliphatic carbocycles. The number of halogens is 2. The number of rotatable bonds is 1. The first-order chi connectivity index (χ1) is 5.06. The van der Waals surface area contributed by atoms with Gasteiger partial charge in [-0.15, -0.1) is 0 Å². The number of aliphatic hydroxyl groups excluding tert-OH is 1. The van der Waals surface area contributed by atoms with Crippen LogP contribution in [0.3, 0.4) is 0 Å². The highest BCUT2D eigenvalue weighted by Gasteiger charge is 2.43. The van der Waals surface area contributed by atoms with E-state index in [4.69, 9.17) is 15.6 Å². The minimum atomic E-state index is -2.90. The normalized spacial score (nSPS) is 37.1. The molecule has 0 aromatic heterocycles. The van der Waals surface area contributed by atoms with Crippen LogP contribution < -0.4 is 5.73 Å². The van der Waals surface area contributed by atoms with Crippen molar-refractivity contribution in [1.82, 2.24) is 0 Å². The predicted molar refractivity (Wildman–Crippen MR) is 34.4 cm³/mol. The number of hydrogen-bond donors (Lipinski definition) is 2. The first kappa shape index (κ1) is 8.83. The standard InChI is InChI=1S/C6H11F2NO2/c7-6(8)1-4(2-10)11-3-5(6)9/h4-5,10H,1-3,9H2/t4-,5-/m0/s1. The van der Waals surface area contributed by atoms with Crippen LogP contribution in [0, 0.1) is 0 Å². The van der Waals surface area contributed by atoms with Crippen molar-refractivity contribution < 1.29 is 18.6 Å². The summed E-state index contributed by atoms with van der Waals surface area (Å²) in [5, 5.41) is 8.51. The van der Waals surface area contributed by atoms with Gasteiger partial charge in [-0.25, -0.2) is 8.78 Å². The third-order valence-electron chi connectivity index (χ3n) is 1.76. The van der Waals surface area contributed by atoms with E-state index in [0.29, 0.717) is 0 Å². The lowest BCUT2D eigenvalue weighted by Crippen LogP contribution is -2.52. The maximum atomic E-state index is 12.7. The van der Waals surface area contributed by atoms with Crippen molar-refractivity contribution in [3.8, 4) is 0 Å². The maximum absolute atomic E-state index is 12.7. The van der Waals surface area contributed by atoms with Crippen LogP contribution in [0.15, 0.2) is 0 Å². The van der Waals surface area contributed by atoms with Gasteiger partial charge in [0.2, 0.25) is 0 Å². The van der Waals surface area contributed by atoms with Crippen molar-refractivity contribution in [1.29, 1.82) is 0 Å². The smallest absolute Gasteiger partial charge is 0.267 e. The Hall–Kier alpha value is -0.260. The Morgan fingerprint density at radius 3 is 2.73 bits per heavy atom. The summed E-state index contributed by atoms with van der Waals surface area (Å²) in [6.45, 7) is -0.555. The summed E-state index contributed by atoms with van der Waals surface area (Å²) in [5.74, 6) is -2.90. The fourth-order valence-corrected chi connectivity index (χ4v) is 0.993. The van der Waals surface area contributed by atoms with Crippen LogP contribution in [0.1, 0.15) is 6.42 Å². The second-order valence-electron chi connectivity index (χ2n) is 2.71. The molecule has 0 aromatic carbocycles. The third kappa shape index (κ3) is 1.85. The van der Waals surface area contributed by atoms with Crippen LogP contribution >= 0.6 is 0 Å². The fraction of sp³-hybridized carbons (Fsp3) is 1.00. The molecule has 0 spiro atoms. The van der Waals surface area contributed by atoms with Crippen LogP contribution in [-0.2, 0) is 4.74 Å². The molecule has 1 heterocycles. The Labute approximate surface area is 63.1 Å². The Kier molecular flexibility index (Phi) is 2.41. The fourth-order valence-electron chi connectivity index (χ4n) is 0.993. The van der Waals surface area contributed by atoms with Crippen LogP contribution in [0.25, 0.3) is 0 Å². The van der Waals surface area contributed by atoms with E-state index in [-0.39, 0.29) is 13.2 Å². The van der Waals surface area contributed by atoms with Crippen molar-refractivity contribution in [2.75, 3.05) is 13.2 Å². The van der Waals surface area contributed by atoms with Gasteiger partial charge in [0.1, 0.15) is 0 Å². The Morgan fingerprint density at radius 1 is 1.64 bits per heavy atom. The van der Waals surface area contributed by atoms with Crippen molar-refractivity contribution in [2.24, 2.45) is 5.73 Å². The molecule has 1 saturated heterocycles. The zero-order valence-corrected chi connectivity index (χ0v) is 5.96. The molecule has 3 nitrogen and oxygen atoms in total. The van der Waals surface area contributed by atoms with E-state index < -0.39 is 24.5 Å². The SMILES string of the molecule is N[C@H]1CO[C@H](CO)CC1(F)F. The van der Waals surface area contributed by atoms with Crippen molar-refractivity contribution >= 4 is 0 Å². The largest absolute Gasteiger partial charge is 0.394 e. The molecule has 0 bridgehead atoms. The van der Waals surface area contributed by atoms with Gasteiger partial charge in [-0.05, 0) is 0 Å². The highest BCUT2D eigenvalue weighted by molar-refractivity contribution is 4.87. The van der Waals surface area contributed by atoms with Gasteiger partial charge in [0, 0.05) is 6.42 Å². The van der Waals surface area contributed by atoms with E-state index in [1.54, 1.807) is 0 Å². The summed E-state index contributed by atoms with van der Waals surface area (Å²) in [4.78, 5) is 0. The van der Waals surface area contributed by atoms with Crippen molar-refractivity contribution in [3.63, 3.8) is 0 Å². The molecule has 3 N–H and O–H groups in total. The van der Waals surface area contributed by atoms with Gasteiger partial charge in [-0.3, -0.25) is 0 Å². The molecule has 11 heavy (non-hydrogen) atoms. The molecule has 0 radical (unpaired) electrons. The predicted octanol–water partition coefficient (Wildman–Crippen LogP) is -0.270. The average molecular weight is 167 g/mol. The minimum Gasteiger partial charge on any atom is -0.394 e.